The van der Waals surface area contributed by atoms with E-state index in [1.165, 1.54) is 6.07 Å². The highest BCUT2D eigenvalue weighted by Gasteiger charge is 2.38. The third-order valence-electron chi connectivity index (χ3n) is 4.71. The topological polar surface area (TPSA) is 58.3 Å². The molecule has 27 heavy (non-hydrogen) atoms. The van der Waals surface area contributed by atoms with Crippen molar-refractivity contribution < 1.29 is 13.2 Å². The zero-order valence-electron chi connectivity index (χ0n) is 14.3. The van der Waals surface area contributed by atoms with E-state index in [1.54, 1.807) is 6.07 Å². The number of nitrogens with zero attached hydrogens (tertiary/aromatic N) is 5. The third kappa shape index (κ3) is 3.44. The van der Waals surface area contributed by atoms with Gasteiger partial charge < -0.3 is 5.32 Å². The molecule has 2 aromatic heterocycles. The van der Waals surface area contributed by atoms with Gasteiger partial charge in [-0.15, -0.1) is 15.3 Å². The molecule has 4 rings (SSSR count). The van der Waals surface area contributed by atoms with E-state index in [0.717, 1.165) is 23.0 Å². The van der Waals surface area contributed by atoms with Gasteiger partial charge in [0.15, 0.2) is 5.65 Å². The maximum Gasteiger partial charge on any atom is 0.453 e. The molecule has 2 atom stereocenters. The Hall–Kier alpha value is -2.39. The first-order chi connectivity index (χ1) is 12.8. The summed E-state index contributed by atoms with van der Waals surface area (Å²) in [7, 11) is 2.01. The van der Waals surface area contributed by atoms with E-state index < -0.39 is 12.0 Å². The highest BCUT2D eigenvalue weighted by molar-refractivity contribution is 6.30. The first-order valence-electron chi connectivity index (χ1n) is 8.35. The molecule has 2 unspecified atom stereocenters. The summed E-state index contributed by atoms with van der Waals surface area (Å²) in [5.74, 6) is -0.800. The molecule has 0 spiro atoms. The number of fused-ring (bicyclic) bond motifs is 1. The van der Waals surface area contributed by atoms with Gasteiger partial charge in [-0.25, -0.2) is 0 Å². The first-order valence-corrected chi connectivity index (χ1v) is 8.72. The fraction of sp³-hybridized carbons (Fsp3) is 0.353. The number of hydrogen-bond acceptors (Lipinski definition) is 5. The van der Waals surface area contributed by atoms with Crippen LogP contribution in [0.5, 0.6) is 0 Å². The van der Waals surface area contributed by atoms with Crippen LogP contribution in [0.3, 0.4) is 0 Å². The summed E-state index contributed by atoms with van der Waals surface area (Å²) in [6.45, 7) is 0.855. The Balaban J connectivity index is 1.63. The molecule has 1 aromatic carbocycles. The number of aromatic nitrogens is 4. The molecule has 0 radical (unpaired) electrons. The molecular weight excluding hydrogens is 381 g/mol. The first kappa shape index (κ1) is 18.0. The van der Waals surface area contributed by atoms with Crippen molar-refractivity contribution >= 4 is 23.1 Å². The molecule has 1 aliphatic heterocycles. The molecule has 3 aromatic rings. The highest BCUT2D eigenvalue weighted by atomic mass is 35.5. The predicted octanol–water partition coefficient (Wildman–Crippen LogP) is 3.65. The van der Waals surface area contributed by atoms with E-state index in [0.29, 0.717) is 10.8 Å². The van der Waals surface area contributed by atoms with E-state index in [9.17, 15) is 13.2 Å². The minimum Gasteiger partial charge on any atom is -0.364 e. The predicted molar refractivity (Wildman–Crippen MR) is 94.6 cm³/mol. The van der Waals surface area contributed by atoms with Crippen LogP contribution in [0.25, 0.3) is 5.65 Å². The minimum absolute atomic E-state index is 0.00746. The summed E-state index contributed by atoms with van der Waals surface area (Å²) in [5, 5.41) is 14.7. The van der Waals surface area contributed by atoms with Gasteiger partial charge in [0.1, 0.15) is 5.82 Å². The number of likely N-dealkylation sites (N-methyl/N-ethyl adjacent to an activating group) is 1. The van der Waals surface area contributed by atoms with Gasteiger partial charge in [-0.3, -0.25) is 4.90 Å². The zero-order chi connectivity index (χ0) is 19.2. The molecule has 0 saturated carbocycles. The Labute approximate surface area is 157 Å². The zero-order valence-corrected chi connectivity index (χ0v) is 15.0. The Morgan fingerprint density at radius 2 is 1.85 bits per heavy atom. The van der Waals surface area contributed by atoms with E-state index in [-0.39, 0.29) is 17.7 Å². The van der Waals surface area contributed by atoms with Crippen LogP contribution in [0.4, 0.5) is 19.0 Å². The fourth-order valence-electron chi connectivity index (χ4n) is 3.48. The van der Waals surface area contributed by atoms with Crippen LogP contribution in [-0.2, 0) is 6.18 Å². The Kier molecular flexibility index (Phi) is 4.43. The number of alkyl halides is 3. The number of rotatable bonds is 3. The van der Waals surface area contributed by atoms with Crippen LogP contribution < -0.4 is 5.32 Å². The van der Waals surface area contributed by atoms with Crippen LogP contribution in [-0.4, -0.2) is 44.3 Å². The molecule has 3 heterocycles. The number of nitrogens with one attached hydrogen (secondary N) is 1. The average molecular weight is 397 g/mol. The van der Waals surface area contributed by atoms with Crippen molar-refractivity contribution in [1.82, 2.24) is 24.7 Å². The standard InChI is InChI=1S/C17H16ClF3N6/c1-26-9-8-12(15(26)10-2-4-11(18)5-3-10)22-13-6-7-14-23-24-16(17(19,20)21)27(14)25-13/h2-7,12,15H,8-9H2,1H3,(H,22,25). The highest BCUT2D eigenvalue weighted by Crippen LogP contribution is 2.33. The lowest BCUT2D eigenvalue weighted by molar-refractivity contribution is -0.146. The maximum atomic E-state index is 13.1. The quantitative estimate of drug-likeness (QED) is 0.732. The van der Waals surface area contributed by atoms with Crippen molar-refractivity contribution in [2.24, 2.45) is 0 Å². The van der Waals surface area contributed by atoms with Gasteiger partial charge in [0.05, 0.1) is 6.04 Å². The van der Waals surface area contributed by atoms with Gasteiger partial charge in [-0.05, 0) is 43.3 Å². The molecule has 1 N–H and O–H groups in total. The summed E-state index contributed by atoms with van der Waals surface area (Å²) in [6, 6.07) is 10.7. The van der Waals surface area contributed by atoms with Crippen LogP contribution in [0.15, 0.2) is 36.4 Å². The molecule has 10 heteroatoms. The molecule has 0 aliphatic carbocycles. The number of benzene rings is 1. The van der Waals surface area contributed by atoms with Crippen molar-refractivity contribution in [1.29, 1.82) is 0 Å². The van der Waals surface area contributed by atoms with Crippen LogP contribution in [0, 0.1) is 0 Å². The normalized spacial score (nSPS) is 21.1. The second-order valence-electron chi connectivity index (χ2n) is 6.53. The lowest BCUT2D eigenvalue weighted by Gasteiger charge is -2.26. The second kappa shape index (κ2) is 6.65. The van der Waals surface area contributed by atoms with Crippen LogP contribution in [0.1, 0.15) is 23.9 Å². The Bertz CT molecular complexity index is 955. The number of halogens is 4. The molecule has 0 amide bonds. The summed E-state index contributed by atoms with van der Waals surface area (Å²) >= 11 is 5.97. The molecule has 1 saturated heterocycles. The summed E-state index contributed by atoms with van der Waals surface area (Å²) in [5.41, 5.74) is 1.13. The van der Waals surface area contributed by atoms with Crippen molar-refractivity contribution in [2.75, 3.05) is 18.9 Å². The average Bonchev–Trinajstić information content (AvgIpc) is 3.19. The lowest BCUT2D eigenvalue weighted by atomic mass is 10.0. The summed E-state index contributed by atoms with van der Waals surface area (Å²) < 4.78 is 39.9. The number of likely N-dealkylation sites (tertiary alicyclic amines) is 1. The van der Waals surface area contributed by atoms with Crippen molar-refractivity contribution in [2.45, 2.75) is 24.7 Å². The Morgan fingerprint density at radius 1 is 1.11 bits per heavy atom. The van der Waals surface area contributed by atoms with E-state index in [2.05, 4.69) is 25.5 Å². The van der Waals surface area contributed by atoms with Gasteiger partial charge >= 0.3 is 6.18 Å². The maximum absolute atomic E-state index is 13.1. The van der Waals surface area contributed by atoms with E-state index in [4.69, 9.17) is 11.6 Å². The van der Waals surface area contributed by atoms with E-state index in [1.807, 2.05) is 31.3 Å². The smallest absolute Gasteiger partial charge is 0.364 e. The molecule has 1 aliphatic rings. The van der Waals surface area contributed by atoms with Crippen molar-refractivity contribution in [3.8, 4) is 0 Å². The van der Waals surface area contributed by atoms with Gasteiger partial charge in [0.2, 0.25) is 0 Å². The molecule has 142 valence electrons. The van der Waals surface area contributed by atoms with Crippen molar-refractivity contribution in [3.63, 3.8) is 0 Å². The monoisotopic (exact) mass is 396 g/mol. The van der Waals surface area contributed by atoms with Gasteiger partial charge in [0, 0.05) is 17.6 Å². The minimum atomic E-state index is -4.62. The van der Waals surface area contributed by atoms with Crippen molar-refractivity contribution in [3.05, 3.63) is 52.8 Å². The third-order valence-corrected chi connectivity index (χ3v) is 4.96. The SMILES string of the molecule is CN1CCC(Nc2ccc3nnc(C(F)(F)F)n3n2)C1c1ccc(Cl)cc1. The second-order valence-corrected chi connectivity index (χ2v) is 6.96. The molecule has 0 bridgehead atoms. The number of hydrogen-bond donors (Lipinski definition) is 1. The molecule has 1 fully saturated rings. The largest absolute Gasteiger partial charge is 0.453 e. The number of anilines is 1. The lowest BCUT2D eigenvalue weighted by Crippen LogP contribution is -2.29. The van der Waals surface area contributed by atoms with Gasteiger partial charge in [-0.2, -0.15) is 17.7 Å². The summed E-state index contributed by atoms with van der Waals surface area (Å²) in [4.78, 5) is 2.19. The molecule has 6 nitrogen and oxygen atoms in total. The summed E-state index contributed by atoms with van der Waals surface area (Å²) in [6.07, 6.45) is -3.79. The van der Waals surface area contributed by atoms with E-state index >= 15 is 0 Å². The van der Waals surface area contributed by atoms with Gasteiger partial charge in [-0.1, -0.05) is 23.7 Å². The Morgan fingerprint density at radius 3 is 2.56 bits per heavy atom. The van der Waals surface area contributed by atoms with Crippen LogP contribution in [0.2, 0.25) is 5.02 Å². The van der Waals surface area contributed by atoms with Crippen LogP contribution >= 0.6 is 11.6 Å². The fourth-order valence-corrected chi connectivity index (χ4v) is 3.60. The van der Waals surface area contributed by atoms with Gasteiger partial charge in [0.25, 0.3) is 5.82 Å². The molecular formula is C17H16ClF3N6.